The zero-order chi connectivity index (χ0) is 14.0. The van der Waals surface area contributed by atoms with E-state index in [1.54, 1.807) is 14.0 Å². The van der Waals surface area contributed by atoms with Gasteiger partial charge in [0.1, 0.15) is 0 Å². The highest BCUT2D eigenvalue weighted by Gasteiger charge is 2.45. The predicted molar refractivity (Wildman–Crippen MR) is 73.0 cm³/mol. The SMILES string of the molecule is COC1=N[C@@](C)(c2ccccc2)C(=O)O[C@H]1C(C)C. The molecule has 1 aliphatic rings. The molecule has 0 aromatic heterocycles. The number of methoxy groups -OCH3 is 1. The van der Waals surface area contributed by atoms with Gasteiger partial charge in [-0.05, 0) is 18.4 Å². The van der Waals surface area contributed by atoms with Crippen LogP contribution in [0.4, 0.5) is 0 Å². The lowest BCUT2D eigenvalue weighted by Crippen LogP contribution is -2.46. The summed E-state index contributed by atoms with van der Waals surface area (Å²) in [6.45, 7) is 5.69. The van der Waals surface area contributed by atoms with Crippen LogP contribution in [0.1, 0.15) is 26.3 Å². The molecule has 0 saturated carbocycles. The second-order valence-corrected chi connectivity index (χ2v) is 5.16. The van der Waals surface area contributed by atoms with Gasteiger partial charge in [-0.1, -0.05) is 44.2 Å². The molecule has 0 unspecified atom stereocenters. The fourth-order valence-corrected chi connectivity index (χ4v) is 2.14. The van der Waals surface area contributed by atoms with Crippen LogP contribution in [-0.2, 0) is 19.8 Å². The Hall–Kier alpha value is -1.84. The summed E-state index contributed by atoms with van der Waals surface area (Å²) in [6, 6.07) is 9.40. The van der Waals surface area contributed by atoms with Crippen molar-refractivity contribution in [2.45, 2.75) is 32.4 Å². The van der Waals surface area contributed by atoms with Crippen LogP contribution in [0.25, 0.3) is 0 Å². The van der Waals surface area contributed by atoms with E-state index in [-0.39, 0.29) is 11.9 Å². The van der Waals surface area contributed by atoms with E-state index in [0.717, 1.165) is 5.56 Å². The zero-order valence-electron chi connectivity index (χ0n) is 11.7. The molecular formula is C15H19NO3. The molecule has 2 atom stereocenters. The molecule has 0 fully saturated rings. The van der Waals surface area contributed by atoms with E-state index in [4.69, 9.17) is 9.47 Å². The molecule has 1 aromatic carbocycles. The highest BCUT2D eigenvalue weighted by Crippen LogP contribution is 2.33. The molecule has 4 nitrogen and oxygen atoms in total. The Balaban J connectivity index is 2.47. The number of hydrogen-bond donors (Lipinski definition) is 0. The molecule has 102 valence electrons. The van der Waals surface area contributed by atoms with E-state index in [2.05, 4.69) is 4.99 Å². The van der Waals surface area contributed by atoms with Crippen molar-refractivity contribution in [2.24, 2.45) is 10.9 Å². The van der Waals surface area contributed by atoms with Gasteiger partial charge in [0.15, 0.2) is 11.6 Å². The maximum Gasteiger partial charge on any atom is 0.339 e. The second-order valence-electron chi connectivity index (χ2n) is 5.16. The van der Waals surface area contributed by atoms with Gasteiger partial charge >= 0.3 is 5.97 Å². The molecule has 1 aromatic rings. The van der Waals surface area contributed by atoms with Crippen molar-refractivity contribution < 1.29 is 14.3 Å². The zero-order valence-corrected chi connectivity index (χ0v) is 11.7. The fraction of sp³-hybridized carbons (Fsp3) is 0.467. The molecule has 0 saturated heterocycles. The maximum atomic E-state index is 12.3. The number of benzene rings is 1. The van der Waals surface area contributed by atoms with Crippen molar-refractivity contribution >= 4 is 11.9 Å². The van der Waals surface area contributed by atoms with Crippen LogP contribution in [-0.4, -0.2) is 25.1 Å². The topological polar surface area (TPSA) is 47.9 Å². The van der Waals surface area contributed by atoms with Crippen molar-refractivity contribution in [2.75, 3.05) is 7.11 Å². The third-order valence-electron chi connectivity index (χ3n) is 3.36. The molecular weight excluding hydrogens is 242 g/mol. The maximum absolute atomic E-state index is 12.3. The fourth-order valence-electron chi connectivity index (χ4n) is 2.14. The van der Waals surface area contributed by atoms with E-state index < -0.39 is 11.6 Å². The number of carbonyl (C=O) groups is 1. The predicted octanol–water partition coefficient (Wildman–Crippen LogP) is 2.53. The Morgan fingerprint density at radius 1 is 1.32 bits per heavy atom. The van der Waals surface area contributed by atoms with Crippen LogP contribution in [0.5, 0.6) is 0 Å². The normalized spacial score (nSPS) is 26.9. The number of ether oxygens (including phenoxy) is 2. The van der Waals surface area contributed by atoms with Gasteiger partial charge in [0.25, 0.3) is 0 Å². The standard InChI is InChI=1S/C15H19NO3/c1-10(2)12-13(18-4)16-15(3,14(17)19-12)11-8-6-5-7-9-11/h5-10,12H,1-4H3/t12-,15-/m0/s1. The molecule has 0 bridgehead atoms. The average molecular weight is 261 g/mol. The molecule has 1 heterocycles. The van der Waals surface area contributed by atoms with E-state index in [0.29, 0.717) is 5.90 Å². The smallest absolute Gasteiger partial charge is 0.339 e. The van der Waals surface area contributed by atoms with Crippen molar-refractivity contribution in [3.8, 4) is 0 Å². The second kappa shape index (κ2) is 5.03. The minimum Gasteiger partial charge on any atom is -0.482 e. The molecule has 0 N–H and O–H groups in total. The number of hydrogen-bond acceptors (Lipinski definition) is 4. The van der Waals surface area contributed by atoms with E-state index in [1.165, 1.54) is 0 Å². The van der Waals surface area contributed by atoms with Crippen LogP contribution < -0.4 is 0 Å². The van der Waals surface area contributed by atoms with Crippen LogP contribution in [0.3, 0.4) is 0 Å². The number of aliphatic imine (C=N–C) groups is 1. The first-order chi connectivity index (χ1) is 8.99. The molecule has 19 heavy (non-hydrogen) atoms. The minimum atomic E-state index is -1.03. The van der Waals surface area contributed by atoms with Gasteiger partial charge < -0.3 is 9.47 Å². The van der Waals surface area contributed by atoms with Gasteiger partial charge in [-0.2, -0.15) is 0 Å². The largest absolute Gasteiger partial charge is 0.482 e. The highest BCUT2D eigenvalue weighted by molar-refractivity contribution is 5.94. The van der Waals surface area contributed by atoms with E-state index >= 15 is 0 Å². The number of nitrogens with zero attached hydrogens (tertiary/aromatic N) is 1. The first-order valence-electron chi connectivity index (χ1n) is 6.39. The Kier molecular flexibility index (Phi) is 3.60. The summed E-state index contributed by atoms with van der Waals surface area (Å²) in [7, 11) is 1.55. The quantitative estimate of drug-likeness (QED) is 0.769. The number of rotatable bonds is 2. The lowest BCUT2D eigenvalue weighted by molar-refractivity contribution is -0.156. The van der Waals surface area contributed by atoms with Crippen molar-refractivity contribution in [1.82, 2.24) is 0 Å². The average Bonchev–Trinajstić information content (AvgIpc) is 2.42. The van der Waals surface area contributed by atoms with Gasteiger partial charge in [-0.25, -0.2) is 9.79 Å². The monoisotopic (exact) mass is 261 g/mol. The van der Waals surface area contributed by atoms with Gasteiger partial charge in [-0.3, -0.25) is 0 Å². The third-order valence-corrected chi connectivity index (χ3v) is 3.36. The summed E-state index contributed by atoms with van der Waals surface area (Å²) in [4.78, 5) is 16.8. The van der Waals surface area contributed by atoms with Gasteiger partial charge in [0, 0.05) is 0 Å². The van der Waals surface area contributed by atoms with E-state index in [9.17, 15) is 4.79 Å². The number of carbonyl (C=O) groups excluding carboxylic acids is 1. The first-order valence-corrected chi connectivity index (χ1v) is 6.39. The molecule has 0 aliphatic carbocycles. The molecule has 2 rings (SSSR count). The van der Waals surface area contributed by atoms with Crippen LogP contribution in [0.15, 0.2) is 35.3 Å². The molecule has 1 aliphatic heterocycles. The summed E-state index contributed by atoms with van der Waals surface area (Å²) >= 11 is 0. The van der Waals surface area contributed by atoms with E-state index in [1.807, 2.05) is 44.2 Å². The van der Waals surface area contributed by atoms with Crippen LogP contribution >= 0.6 is 0 Å². The van der Waals surface area contributed by atoms with Crippen LogP contribution in [0.2, 0.25) is 0 Å². The molecule has 0 radical (unpaired) electrons. The minimum absolute atomic E-state index is 0.128. The summed E-state index contributed by atoms with van der Waals surface area (Å²) in [6.07, 6.45) is -0.408. The first kappa shape index (κ1) is 13.6. The summed E-state index contributed by atoms with van der Waals surface area (Å²) in [5, 5.41) is 0. The van der Waals surface area contributed by atoms with Crippen LogP contribution in [0, 0.1) is 5.92 Å². The lowest BCUT2D eigenvalue weighted by Gasteiger charge is -2.34. The molecule has 0 spiro atoms. The van der Waals surface area contributed by atoms with Gasteiger partial charge in [0.05, 0.1) is 7.11 Å². The highest BCUT2D eigenvalue weighted by atomic mass is 16.6. The Labute approximate surface area is 113 Å². The number of esters is 1. The van der Waals surface area contributed by atoms with Crippen molar-refractivity contribution in [3.63, 3.8) is 0 Å². The van der Waals surface area contributed by atoms with Crippen molar-refractivity contribution in [1.29, 1.82) is 0 Å². The summed E-state index contributed by atoms with van der Waals surface area (Å²) in [5.74, 6) is 0.266. The van der Waals surface area contributed by atoms with Gasteiger partial charge in [-0.15, -0.1) is 0 Å². The Morgan fingerprint density at radius 3 is 2.47 bits per heavy atom. The lowest BCUT2D eigenvalue weighted by atomic mass is 9.91. The molecule has 4 heteroatoms. The third kappa shape index (κ3) is 2.35. The Morgan fingerprint density at radius 2 is 1.95 bits per heavy atom. The Bertz CT molecular complexity index is 495. The number of cyclic esters (lactones) is 1. The molecule has 0 amide bonds. The summed E-state index contributed by atoms with van der Waals surface area (Å²) < 4.78 is 10.8. The van der Waals surface area contributed by atoms with Gasteiger partial charge in [0.2, 0.25) is 5.90 Å². The van der Waals surface area contributed by atoms with Crippen molar-refractivity contribution in [3.05, 3.63) is 35.9 Å². The summed E-state index contributed by atoms with van der Waals surface area (Å²) in [5.41, 5.74) is -0.227.